The highest BCUT2D eigenvalue weighted by Crippen LogP contribution is 2.49. The van der Waals surface area contributed by atoms with Crippen molar-refractivity contribution in [3.63, 3.8) is 0 Å². The summed E-state index contributed by atoms with van der Waals surface area (Å²) in [4.78, 5) is 0. The van der Waals surface area contributed by atoms with Gasteiger partial charge in [0.2, 0.25) is 0 Å². The Kier molecular flexibility index (Phi) is 2.42. The van der Waals surface area contributed by atoms with Gasteiger partial charge in [-0.1, -0.05) is 13.8 Å². The van der Waals surface area contributed by atoms with Crippen molar-refractivity contribution in [1.82, 2.24) is 0 Å². The van der Waals surface area contributed by atoms with Crippen LogP contribution in [0.5, 0.6) is 0 Å². The Bertz CT molecular complexity index is 242. The molecule has 1 heterocycles. The summed E-state index contributed by atoms with van der Waals surface area (Å²) in [6.07, 6.45) is 0.994. The third kappa shape index (κ3) is 2.52. The van der Waals surface area contributed by atoms with Gasteiger partial charge in [0.05, 0.1) is 18.8 Å². The van der Waals surface area contributed by atoms with E-state index in [-0.39, 0.29) is 17.1 Å². The van der Waals surface area contributed by atoms with Gasteiger partial charge in [-0.15, -0.1) is 0 Å². The van der Waals surface area contributed by atoms with Crippen molar-refractivity contribution in [2.45, 2.75) is 58.5 Å². The monoisotopic (exact) mass is 214 g/mol. The highest BCUT2D eigenvalue weighted by atomic mass is 16.7. The van der Waals surface area contributed by atoms with Crippen molar-refractivity contribution in [3.8, 4) is 0 Å². The molecule has 1 saturated carbocycles. The van der Waals surface area contributed by atoms with Crippen LogP contribution in [-0.4, -0.2) is 30.7 Å². The average Bonchev–Trinajstić information content (AvgIpc) is 2.68. The van der Waals surface area contributed by atoms with Crippen LogP contribution in [-0.2, 0) is 14.2 Å². The van der Waals surface area contributed by atoms with Crippen molar-refractivity contribution in [2.24, 2.45) is 5.41 Å². The summed E-state index contributed by atoms with van der Waals surface area (Å²) in [6.45, 7) is 12.0. The van der Waals surface area contributed by atoms with Gasteiger partial charge in [-0.25, -0.2) is 0 Å². The van der Waals surface area contributed by atoms with Gasteiger partial charge < -0.3 is 14.2 Å². The molecule has 0 N–H and O–H groups in total. The Balaban J connectivity index is 1.87. The van der Waals surface area contributed by atoms with Crippen LogP contribution in [0.3, 0.4) is 0 Å². The van der Waals surface area contributed by atoms with E-state index < -0.39 is 5.79 Å². The quantitative estimate of drug-likeness (QED) is 0.670. The van der Waals surface area contributed by atoms with Crippen LogP contribution in [0.25, 0.3) is 0 Å². The minimum Gasteiger partial charge on any atom is -0.367 e. The second-order valence-electron chi connectivity index (χ2n) is 6.48. The minimum absolute atomic E-state index is 0.117. The minimum atomic E-state index is -0.414. The van der Waals surface area contributed by atoms with E-state index in [9.17, 15) is 0 Å². The Labute approximate surface area is 92.1 Å². The van der Waals surface area contributed by atoms with E-state index in [1.54, 1.807) is 0 Å². The maximum atomic E-state index is 5.86. The Morgan fingerprint density at radius 1 is 1.13 bits per heavy atom. The molecule has 1 aliphatic heterocycles. The molecular formula is C12H22O3. The lowest BCUT2D eigenvalue weighted by Gasteiger charge is -2.36. The van der Waals surface area contributed by atoms with Crippen LogP contribution >= 0.6 is 0 Å². The molecular weight excluding hydrogens is 192 g/mol. The number of rotatable bonds is 1. The number of hydrogen-bond donors (Lipinski definition) is 0. The molecule has 1 saturated heterocycles. The second-order valence-corrected chi connectivity index (χ2v) is 6.48. The molecule has 3 nitrogen and oxygen atoms in total. The molecule has 0 aromatic rings. The Hall–Kier alpha value is -0.120. The van der Waals surface area contributed by atoms with E-state index in [1.165, 1.54) is 0 Å². The Morgan fingerprint density at radius 3 is 2.13 bits per heavy atom. The first kappa shape index (κ1) is 11.4. The SMILES string of the molecule is CC1(C)COC2(CC2OC(C)(C)C)OC1. The number of ether oxygens (including phenoxy) is 3. The van der Waals surface area contributed by atoms with Crippen LogP contribution < -0.4 is 0 Å². The maximum Gasteiger partial charge on any atom is 0.197 e. The van der Waals surface area contributed by atoms with Gasteiger partial charge in [0.25, 0.3) is 0 Å². The molecule has 15 heavy (non-hydrogen) atoms. The lowest BCUT2D eigenvalue weighted by Crippen LogP contribution is -2.42. The third-order valence-corrected chi connectivity index (χ3v) is 2.71. The van der Waals surface area contributed by atoms with Crippen LogP contribution in [0.2, 0.25) is 0 Å². The van der Waals surface area contributed by atoms with Gasteiger partial charge in [0.15, 0.2) is 5.79 Å². The molecule has 0 aromatic carbocycles. The third-order valence-electron chi connectivity index (χ3n) is 2.71. The summed E-state index contributed by atoms with van der Waals surface area (Å²) < 4.78 is 17.5. The molecule has 2 aliphatic rings. The summed E-state index contributed by atoms with van der Waals surface area (Å²) >= 11 is 0. The molecule has 2 rings (SSSR count). The van der Waals surface area contributed by atoms with E-state index in [0.29, 0.717) is 0 Å². The molecule has 1 aliphatic carbocycles. The first-order chi connectivity index (χ1) is 6.73. The second kappa shape index (κ2) is 3.19. The number of hydrogen-bond acceptors (Lipinski definition) is 3. The van der Waals surface area contributed by atoms with Gasteiger partial charge in [0.1, 0.15) is 6.10 Å². The van der Waals surface area contributed by atoms with Crippen molar-refractivity contribution in [2.75, 3.05) is 13.2 Å². The fourth-order valence-corrected chi connectivity index (χ4v) is 1.78. The van der Waals surface area contributed by atoms with Crippen molar-refractivity contribution < 1.29 is 14.2 Å². The highest BCUT2D eigenvalue weighted by molar-refractivity contribution is 5.03. The molecule has 1 unspecified atom stereocenters. The van der Waals surface area contributed by atoms with Gasteiger partial charge in [-0.2, -0.15) is 0 Å². The summed E-state index contributed by atoms with van der Waals surface area (Å²) in [5.74, 6) is -0.414. The van der Waals surface area contributed by atoms with Gasteiger partial charge in [0, 0.05) is 11.8 Å². The largest absolute Gasteiger partial charge is 0.367 e. The topological polar surface area (TPSA) is 27.7 Å². The van der Waals surface area contributed by atoms with Crippen molar-refractivity contribution in [3.05, 3.63) is 0 Å². The maximum absolute atomic E-state index is 5.86. The fourth-order valence-electron chi connectivity index (χ4n) is 1.78. The molecule has 1 spiro atoms. The van der Waals surface area contributed by atoms with Gasteiger partial charge in [-0.05, 0) is 20.8 Å². The smallest absolute Gasteiger partial charge is 0.197 e. The zero-order chi connectivity index (χ0) is 11.3. The van der Waals surface area contributed by atoms with Crippen LogP contribution in [0, 0.1) is 5.41 Å². The molecule has 0 bridgehead atoms. The van der Waals surface area contributed by atoms with Gasteiger partial charge in [-0.3, -0.25) is 0 Å². The fraction of sp³-hybridized carbons (Fsp3) is 1.00. The first-order valence-corrected chi connectivity index (χ1v) is 5.68. The van der Waals surface area contributed by atoms with E-state index in [0.717, 1.165) is 19.6 Å². The normalized spacial score (nSPS) is 33.0. The summed E-state index contributed by atoms with van der Waals surface area (Å²) in [5.41, 5.74) is 0.0218. The van der Waals surface area contributed by atoms with Crippen LogP contribution in [0.15, 0.2) is 0 Å². The molecule has 3 heteroatoms. The zero-order valence-electron chi connectivity index (χ0n) is 10.4. The van der Waals surface area contributed by atoms with Crippen LogP contribution in [0.4, 0.5) is 0 Å². The molecule has 0 aromatic heterocycles. The lowest BCUT2D eigenvalue weighted by atomic mass is 9.95. The van der Waals surface area contributed by atoms with E-state index in [4.69, 9.17) is 14.2 Å². The standard InChI is InChI=1S/C12H22O3/c1-10(2,3)15-9-6-12(9)13-7-11(4,5)8-14-12/h9H,6-8H2,1-5H3. The average molecular weight is 214 g/mol. The molecule has 2 fully saturated rings. The Morgan fingerprint density at radius 2 is 1.67 bits per heavy atom. The van der Waals surface area contributed by atoms with Crippen LogP contribution in [0.1, 0.15) is 41.0 Å². The molecule has 1 atom stereocenters. The lowest BCUT2D eigenvalue weighted by molar-refractivity contribution is -0.264. The van der Waals surface area contributed by atoms with Crippen molar-refractivity contribution in [1.29, 1.82) is 0 Å². The summed E-state index contributed by atoms with van der Waals surface area (Å²) in [6, 6.07) is 0. The van der Waals surface area contributed by atoms with E-state index in [1.807, 2.05) is 0 Å². The van der Waals surface area contributed by atoms with Gasteiger partial charge >= 0.3 is 0 Å². The molecule has 88 valence electrons. The van der Waals surface area contributed by atoms with Crippen molar-refractivity contribution >= 4 is 0 Å². The zero-order valence-corrected chi connectivity index (χ0v) is 10.4. The first-order valence-electron chi connectivity index (χ1n) is 5.68. The predicted molar refractivity (Wildman–Crippen MR) is 57.7 cm³/mol. The van der Waals surface area contributed by atoms with E-state index >= 15 is 0 Å². The predicted octanol–water partition coefficient (Wildman–Crippen LogP) is 2.34. The molecule has 0 radical (unpaired) electrons. The highest BCUT2D eigenvalue weighted by Gasteiger charge is 2.62. The van der Waals surface area contributed by atoms with E-state index in [2.05, 4.69) is 34.6 Å². The summed E-state index contributed by atoms with van der Waals surface area (Å²) in [7, 11) is 0. The molecule has 0 amide bonds. The summed E-state index contributed by atoms with van der Waals surface area (Å²) in [5, 5.41) is 0.